The Morgan fingerprint density at radius 1 is 1.00 bits per heavy atom. The Hall–Kier alpha value is -1.63. The summed E-state index contributed by atoms with van der Waals surface area (Å²) in [5.41, 5.74) is 4.49. The van der Waals surface area contributed by atoms with Crippen molar-refractivity contribution in [2.24, 2.45) is 0 Å². The lowest BCUT2D eigenvalue weighted by Crippen LogP contribution is -2.21. The smallest absolute Gasteiger partial charge is 0.119 e. The van der Waals surface area contributed by atoms with E-state index in [1.165, 1.54) is 18.4 Å². The van der Waals surface area contributed by atoms with E-state index in [2.05, 4.69) is 39.8 Å². The summed E-state index contributed by atoms with van der Waals surface area (Å²) in [6.45, 7) is 13.6. The van der Waals surface area contributed by atoms with Gasteiger partial charge in [-0.1, -0.05) is 60.9 Å². The molecule has 0 radical (unpaired) electrons. The van der Waals surface area contributed by atoms with Gasteiger partial charge in [0.15, 0.2) is 0 Å². The second kappa shape index (κ2) is 9.53. The van der Waals surface area contributed by atoms with Crippen LogP contribution in [0.1, 0.15) is 69.2 Å². The third-order valence-corrected chi connectivity index (χ3v) is 5.68. The molecule has 0 spiro atoms. The fourth-order valence-electron chi connectivity index (χ4n) is 3.07. The Morgan fingerprint density at radius 3 is 2.11 bits per heavy atom. The molecule has 0 saturated carbocycles. The molecule has 146 valence electrons. The highest BCUT2D eigenvalue weighted by Crippen LogP contribution is 2.27. The first-order valence-electron chi connectivity index (χ1n) is 9.83. The van der Waals surface area contributed by atoms with Gasteiger partial charge in [-0.3, -0.25) is 0 Å². The Balaban J connectivity index is 2.17. The zero-order valence-electron chi connectivity index (χ0n) is 17.6. The van der Waals surface area contributed by atoms with E-state index >= 15 is 0 Å². The molecular weight excluding hydrogens is 351 g/mol. The van der Waals surface area contributed by atoms with Crippen molar-refractivity contribution in [1.82, 2.24) is 0 Å². The van der Waals surface area contributed by atoms with Crippen molar-refractivity contribution >= 4 is 19.0 Å². The van der Waals surface area contributed by atoms with E-state index in [1.807, 2.05) is 38.1 Å². The van der Waals surface area contributed by atoms with Crippen LogP contribution in [-0.4, -0.2) is 12.1 Å². The molecule has 0 fully saturated rings. The molecule has 0 atom stereocenters. The Kier molecular flexibility index (Phi) is 7.65. The topological polar surface area (TPSA) is 32.3 Å². The average molecular weight is 383 g/mol. The lowest BCUT2D eigenvalue weighted by molar-refractivity contribution is -0.207. The summed E-state index contributed by atoms with van der Waals surface area (Å²) in [5.74, 6) is 0.874. The van der Waals surface area contributed by atoms with E-state index in [1.54, 1.807) is 0 Å². The largest absolute Gasteiger partial charge is 0.823 e. The number of hydrogen-bond donors (Lipinski definition) is 0. The molecule has 0 N–H and O–H groups in total. The van der Waals surface area contributed by atoms with Gasteiger partial charge in [-0.05, 0) is 72.2 Å². The van der Waals surface area contributed by atoms with Crippen LogP contribution in [0.15, 0.2) is 36.4 Å². The second-order valence-electron chi connectivity index (χ2n) is 8.20. The van der Waals surface area contributed by atoms with Gasteiger partial charge in [0.1, 0.15) is 5.75 Å². The van der Waals surface area contributed by atoms with E-state index in [4.69, 9.17) is 4.74 Å². The molecule has 2 aromatic carbocycles. The molecule has 27 heavy (non-hydrogen) atoms. The predicted octanol–water partition coefficient (Wildman–Crippen LogP) is 5.28. The molecule has 0 saturated heterocycles. The lowest BCUT2D eigenvalue weighted by atomic mass is 9.84. The maximum Gasteiger partial charge on any atom is 0.119 e. The van der Waals surface area contributed by atoms with Crippen molar-refractivity contribution in [3.8, 4) is 5.75 Å². The van der Waals surface area contributed by atoms with Crippen LogP contribution in [0.2, 0.25) is 0 Å². The minimum absolute atomic E-state index is 0.0851. The van der Waals surface area contributed by atoms with Gasteiger partial charge in [-0.2, -0.15) is 0 Å². The van der Waals surface area contributed by atoms with Crippen LogP contribution in [0.5, 0.6) is 5.75 Å². The molecule has 3 heteroatoms. The lowest BCUT2D eigenvalue weighted by Gasteiger charge is -2.24. The Bertz CT molecular complexity index is 760. The predicted molar refractivity (Wildman–Crippen MR) is 117 cm³/mol. The maximum atomic E-state index is 12.9. The summed E-state index contributed by atoms with van der Waals surface area (Å²) < 4.78 is 5.75. The highest BCUT2D eigenvalue weighted by molar-refractivity contribution is 7.49. The van der Waals surface area contributed by atoms with Crippen LogP contribution in [0.25, 0.3) is 0 Å². The molecule has 0 aromatic heterocycles. The van der Waals surface area contributed by atoms with E-state index in [-0.39, 0.29) is 10.9 Å². The molecule has 0 aliphatic rings. The normalized spacial score (nSPS) is 12.3. The van der Waals surface area contributed by atoms with E-state index in [0.717, 1.165) is 40.8 Å². The molecule has 0 heterocycles. The first kappa shape index (κ1) is 21.7. The summed E-state index contributed by atoms with van der Waals surface area (Å²) in [6, 6.07) is 12.2. The van der Waals surface area contributed by atoms with Gasteiger partial charge in [-0.15, -0.1) is 5.48 Å². The minimum Gasteiger partial charge on any atom is -0.823 e. The van der Waals surface area contributed by atoms with Crippen molar-refractivity contribution in [1.29, 1.82) is 0 Å². The third-order valence-electron chi connectivity index (χ3n) is 4.70. The van der Waals surface area contributed by atoms with Crippen molar-refractivity contribution in [3.05, 3.63) is 58.7 Å². The molecule has 0 aliphatic heterocycles. The summed E-state index contributed by atoms with van der Waals surface area (Å²) >= 11 is 0. The van der Waals surface area contributed by atoms with Crippen LogP contribution >= 0.6 is 8.20 Å². The van der Waals surface area contributed by atoms with Crippen molar-refractivity contribution < 1.29 is 9.84 Å². The average Bonchev–Trinajstić information content (AvgIpc) is 2.58. The number of ether oxygens (including phenoxy) is 1. The first-order valence-corrected chi connectivity index (χ1v) is 10.7. The van der Waals surface area contributed by atoms with E-state index < -0.39 is 0 Å². The first-order chi connectivity index (χ1) is 12.7. The second-order valence-corrected chi connectivity index (χ2v) is 9.35. The zero-order chi connectivity index (χ0) is 20.0. The van der Waals surface area contributed by atoms with Gasteiger partial charge < -0.3 is 9.84 Å². The van der Waals surface area contributed by atoms with Gasteiger partial charge in [0.05, 0.1) is 6.61 Å². The van der Waals surface area contributed by atoms with Crippen molar-refractivity contribution in [3.63, 3.8) is 0 Å². The van der Waals surface area contributed by atoms with Crippen LogP contribution < -0.4 is 15.1 Å². The van der Waals surface area contributed by atoms with Crippen LogP contribution in [0.4, 0.5) is 0 Å². The molecule has 0 amide bonds. The van der Waals surface area contributed by atoms with E-state index in [0.29, 0.717) is 8.20 Å². The number of rotatable bonds is 7. The molecule has 2 nitrogen and oxygen atoms in total. The van der Waals surface area contributed by atoms with Crippen molar-refractivity contribution in [2.45, 2.75) is 66.2 Å². The van der Waals surface area contributed by atoms with Crippen LogP contribution in [0, 0.1) is 13.8 Å². The minimum atomic E-state index is 0.0851. The van der Waals surface area contributed by atoms with Crippen LogP contribution in [-0.2, 0) is 5.41 Å². The summed E-state index contributed by atoms with van der Waals surface area (Å²) in [5, 5.41) is 13.9. The fraction of sp³-hybridized carbons (Fsp3) is 0.458. The van der Waals surface area contributed by atoms with Crippen molar-refractivity contribution in [2.75, 3.05) is 6.61 Å². The number of unbranched alkanes of at least 4 members (excludes halogenated alkanes) is 2. The van der Waals surface area contributed by atoms with Gasteiger partial charge >= 0.3 is 0 Å². The molecule has 0 unspecified atom stereocenters. The molecule has 0 bridgehead atoms. The quantitative estimate of drug-likeness (QED) is 0.481. The van der Waals surface area contributed by atoms with E-state index in [9.17, 15) is 5.11 Å². The van der Waals surface area contributed by atoms with Gasteiger partial charge in [-0.25, -0.2) is 0 Å². The summed E-state index contributed by atoms with van der Waals surface area (Å²) in [6.07, 6.45) is 3.47. The number of aryl methyl sites for hydroxylation is 2. The number of benzene rings is 2. The maximum absolute atomic E-state index is 12.9. The Labute approximate surface area is 166 Å². The van der Waals surface area contributed by atoms with Crippen LogP contribution in [0.3, 0.4) is 0 Å². The molecule has 0 aliphatic carbocycles. The Morgan fingerprint density at radius 2 is 1.59 bits per heavy atom. The third kappa shape index (κ3) is 6.19. The monoisotopic (exact) mass is 383 g/mol. The SMILES string of the molecule is CCCCCOc1ccc(P=C([O-])c2c(C)cc(C(C)(C)C)cc2C)cc1. The summed E-state index contributed by atoms with van der Waals surface area (Å²) in [7, 11) is 0.710. The zero-order valence-corrected chi connectivity index (χ0v) is 18.5. The molecular formula is C24H32O2P-. The van der Waals surface area contributed by atoms with Gasteiger partial charge in [0.25, 0.3) is 0 Å². The summed E-state index contributed by atoms with van der Waals surface area (Å²) in [4.78, 5) is 0. The molecule has 2 rings (SSSR count). The highest BCUT2D eigenvalue weighted by Gasteiger charge is 2.16. The molecule has 2 aromatic rings. The fourth-order valence-corrected chi connectivity index (χ4v) is 4.06. The standard InChI is InChI=1S/C24H33O2P/c1-7-8-9-14-26-20-10-12-21(13-11-20)27-23(25)22-17(2)15-19(16-18(22)3)24(4,5)6/h10-13,15-16,25H,7-9,14H2,1-6H3/p-1. The van der Waals surface area contributed by atoms with Gasteiger partial charge in [0, 0.05) is 5.30 Å². The number of hydrogen-bond acceptors (Lipinski definition) is 2. The van der Waals surface area contributed by atoms with Gasteiger partial charge in [0.2, 0.25) is 0 Å². The highest BCUT2D eigenvalue weighted by atomic mass is 31.1.